The fraction of sp³-hybridized carbons (Fsp3) is 1.00. The summed E-state index contributed by atoms with van der Waals surface area (Å²) in [7, 11) is 3.11. The van der Waals surface area contributed by atoms with Crippen LogP contribution in [-0.4, -0.2) is 17.9 Å². The molecule has 0 nitrogen and oxygen atoms in total. The molecule has 0 unspecified atom stereocenters. The molecule has 11 heavy (non-hydrogen) atoms. The molecule has 0 amide bonds. The first-order chi connectivity index (χ1) is 5.07. The normalized spacial score (nSPS) is 14.5. The van der Waals surface area contributed by atoms with Gasteiger partial charge in [-0.1, -0.05) is 35.4 Å². The molecule has 0 saturated heterocycles. The fourth-order valence-corrected chi connectivity index (χ4v) is 3.06. The van der Waals surface area contributed by atoms with Gasteiger partial charge in [0.1, 0.15) is 0 Å². The van der Waals surface area contributed by atoms with E-state index < -0.39 is 6.43 Å². The maximum absolute atomic E-state index is 11.9. The van der Waals surface area contributed by atoms with E-state index in [9.17, 15) is 8.78 Å². The van der Waals surface area contributed by atoms with Crippen LogP contribution in [0.2, 0.25) is 0 Å². The Bertz CT molecular complexity index is 96.4. The third-order valence-corrected chi connectivity index (χ3v) is 3.87. The fourth-order valence-electron chi connectivity index (χ4n) is 0.722. The highest BCUT2D eigenvalue weighted by Gasteiger charge is 2.18. The van der Waals surface area contributed by atoms with Crippen molar-refractivity contribution < 1.29 is 8.78 Å². The van der Waals surface area contributed by atoms with Crippen LogP contribution in [0.15, 0.2) is 0 Å². The summed E-state index contributed by atoms with van der Waals surface area (Å²) < 4.78 is 23.9. The van der Waals surface area contributed by atoms with Gasteiger partial charge in [0.15, 0.2) is 0 Å². The largest absolute Gasteiger partial charge is 0.239 e. The van der Waals surface area contributed by atoms with E-state index in [1.54, 1.807) is 21.6 Å². The Morgan fingerprint density at radius 3 is 2.09 bits per heavy atom. The molecule has 1 atom stereocenters. The monoisotopic (exact) mass is 200 g/mol. The van der Waals surface area contributed by atoms with Crippen molar-refractivity contribution in [2.75, 3.05) is 6.26 Å². The standard InChI is InChI=1S/C7H14F2S2/c1-5(2)6(11-10-3)4-7(8)9/h5-7H,4H2,1-3H3/t6-/m1/s1. The van der Waals surface area contributed by atoms with Gasteiger partial charge in [0.25, 0.3) is 0 Å². The van der Waals surface area contributed by atoms with Crippen molar-refractivity contribution >= 4 is 21.6 Å². The summed E-state index contributed by atoms with van der Waals surface area (Å²) in [5, 5.41) is 0.0880. The van der Waals surface area contributed by atoms with E-state index in [4.69, 9.17) is 0 Å². The molecule has 0 fully saturated rings. The Morgan fingerprint density at radius 2 is 1.82 bits per heavy atom. The third-order valence-electron chi connectivity index (χ3n) is 1.37. The molecule has 0 aliphatic rings. The molecule has 0 aromatic rings. The summed E-state index contributed by atoms with van der Waals surface area (Å²) in [4.78, 5) is 0. The Labute approximate surface area is 74.9 Å². The van der Waals surface area contributed by atoms with Gasteiger partial charge in [0.05, 0.1) is 0 Å². The summed E-state index contributed by atoms with van der Waals surface area (Å²) in [6.07, 6.45) is -0.226. The van der Waals surface area contributed by atoms with Crippen molar-refractivity contribution in [3.8, 4) is 0 Å². The molecule has 0 N–H and O–H groups in total. The Kier molecular flexibility index (Phi) is 6.43. The third kappa shape index (κ3) is 5.79. The average molecular weight is 200 g/mol. The van der Waals surface area contributed by atoms with Crippen molar-refractivity contribution in [3.63, 3.8) is 0 Å². The molecule has 68 valence electrons. The summed E-state index contributed by atoms with van der Waals surface area (Å²) in [5.41, 5.74) is 0. The molecular weight excluding hydrogens is 186 g/mol. The molecule has 0 heterocycles. The van der Waals surface area contributed by atoms with Crippen LogP contribution in [0.4, 0.5) is 8.78 Å². The summed E-state index contributed by atoms with van der Waals surface area (Å²) in [6, 6.07) is 0. The number of hydrogen-bond acceptors (Lipinski definition) is 2. The molecule has 0 aromatic heterocycles. The van der Waals surface area contributed by atoms with E-state index in [0.29, 0.717) is 5.92 Å². The topological polar surface area (TPSA) is 0 Å². The van der Waals surface area contributed by atoms with Gasteiger partial charge in [-0.2, -0.15) is 0 Å². The van der Waals surface area contributed by atoms with Crippen LogP contribution < -0.4 is 0 Å². The van der Waals surface area contributed by atoms with Crippen LogP contribution in [0.3, 0.4) is 0 Å². The van der Waals surface area contributed by atoms with Gasteiger partial charge < -0.3 is 0 Å². The minimum Gasteiger partial charge on any atom is -0.210 e. The summed E-state index contributed by atoms with van der Waals surface area (Å²) >= 11 is 0. The molecule has 0 aliphatic heterocycles. The van der Waals surface area contributed by atoms with Gasteiger partial charge in [0, 0.05) is 11.7 Å². The van der Waals surface area contributed by atoms with E-state index >= 15 is 0 Å². The van der Waals surface area contributed by atoms with Gasteiger partial charge in [-0.3, -0.25) is 0 Å². The average Bonchev–Trinajstić information content (AvgIpc) is 1.86. The van der Waals surface area contributed by atoms with Crippen LogP contribution in [-0.2, 0) is 0 Å². The quantitative estimate of drug-likeness (QED) is 0.621. The predicted molar refractivity (Wildman–Crippen MR) is 50.4 cm³/mol. The second kappa shape index (κ2) is 6.12. The zero-order valence-corrected chi connectivity index (χ0v) is 8.64. The molecule has 0 rings (SSSR count). The minimum atomic E-state index is -2.16. The van der Waals surface area contributed by atoms with Gasteiger partial charge in [-0.05, 0) is 12.2 Å². The SMILES string of the molecule is CSS[C@H](CC(F)F)C(C)C. The first-order valence-electron chi connectivity index (χ1n) is 3.55. The van der Waals surface area contributed by atoms with Gasteiger partial charge in [-0.25, -0.2) is 8.78 Å². The van der Waals surface area contributed by atoms with Crippen LogP contribution in [0.5, 0.6) is 0 Å². The van der Waals surface area contributed by atoms with E-state index in [-0.39, 0.29) is 11.7 Å². The lowest BCUT2D eigenvalue weighted by atomic mass is 10.1. The second-order valence-corrected chi connectivity index (χ2v) is 5.38. The highest BCUT2D eigenvalue weighted by atomic mass is 33.1. The second-order valence-electron chi connectivity index (χ2n) is 2.67. The molecule has 0 saturated carbocycles. The lowest BCUT2D eigenvalue weighted by Crippen LogP contribution is -2.13. The summed E-state index contributed by atoms with van der Waals surface area (Å²) in [6.45, 7) is 3.96. The van der Waals surface area contributed by atoms with Gasteiger partial charge in [-0.15, -0.1) is 0 Å². The van der Waals surface area contributed by atoms with E-state index in [1.165, 1.54) is 0 Å². The van der Waals surface area contributed by atoms with Gasteiger partial charge >= 0.3 is 0 Å². The van der Waals surface area contributed by atoms with Crippen LogP contribution in [0.25, 0.3) is 0 Å². The van der Waals surface area contributed by atoms with E-state index in [0.717, 1.165) is 0 Å². The zero-order chi connectivity index (χ0) is 8.85. The van der Waals surface area contributed by atoms with Crippen molar-refractivity contribution in [2.45, 2.75) is 31.9 Å². The minimum absolute atomic E-state index is 0.0170. The number of hydrogen-bond donors (Lipinski definition) is 0. The molecule has 4 heteroatoms. The van der Waals surface area contributed by atoms with Gasteiger partial charge in [0.2, 0.25) is 6.43 Å². The number of halogens is 2. The lowest BCUT2D eigenvalue weighted by Gasteiger charge is -2.17. The highest BCUT2D eigenvalue weighted by Crippen LogP contribution is 2.32. The lowest BCUT2D eigenvalue weighted by molar-refractivity contribution is 0.132. The molecule has 0 aromatic carbocycles. The predicted octanol–water partition coefficient (Wildman–Crippen LogP) is 3.68. The van der Waals surface area contributed by atoms with Crippen LogP contribution in [0, 0.1) is 5.92 Å². The van der Waals surface area contributed by atoms with Crippen LogP contribution in [0.1, 0.15) is 20.3 Å². The Hall–Kier alpha value is 0.560. The molecule has 0 spiro atoms. The van der Waals surface area contributed by atoms with Crippen molar-refractivity contribution in [1.82, 2.24) is 0 Å². The highest BCUT2D eigenvalue weighted by molar-refractivity contribution is 8.76. The molecular formula is C7H14F2S2. The van der Waals surface area contributed by atoms with Crippen molar-refractivity contribution in [2.24, 2.45) is 5.92 Å². The molecule has 0 radical (unpaired) electrons. The Balaban J connectivity index is 3.69. The number of alkyl halides is 2. The maximum atomic E-state index is 11.9. The van der Waals surface area contributed by atoms with Crippen molar-refractivity contribution in [1.29, 1.82) is 0 Å². The zero-order valence-electron chi connectivity index (χ0n) is 7.01. The molecule has 0 bridgehead atoms. The van der Waals surface area contributed by atoms with E-state index in [2.05, 4.69) is 0 Å². The first kappa shape index (κ1) is 11.6. The summed E-state index contributed by atoms with van der Waals surface area (Å²) in [5.74, 6) is 0.335. The van der Waals surface area contributed by atoms with E-state index in [1.807, 2.05) is 20.1 Å². The Morgan fingerprint density at radius 1 is 1.27 bits per heavy atom. The maximum Gasteiger partial charge on any atom is 0.239 e. The first-order valence-corrected chi connectivity index (χ1v) is 6.17. The van der Waals surface area contributed by atoms with Crippen LogP contribution >= 0.6 is 21.6 Å². The smallest absolute Gasteiger partial charge is 0.210 e. The number of rotatable bonds is 5. The van der Waals surface area contributed by atoms with Crippen molar-refractivity contribution in [3.05, 3.63) is 0 Å². The molecule has 0 aliphatic carbocycles.